The number of rotatable bonds is 9. The topological polar surface area (TPSA) is 54.0 Å². The minimum Gasteiger partial charge on any atom is -0.436 e. The van der Waals surface area contributed by atoms with Crippen LogP contribution in [-0.4, -0.2) is 33.7 Å². The molecule has 0 saturated heterocycles. The summed E-state index contributed by atoms with van der Waals surface area (Å²) < 4.78 is 21.9. The quantitative estimate of drug-likeness (QED) is 0.369. The van der Waals surface area contributed by atoms with E-state index in [0.29, 0.717) is 19.4 Å². The molecule has 108 valence electrons. The van der Waals surface area contributed by atoms with Crippen molar-refractivity contribution in [3.8, 4) is 0 Å². The predicted octanol–water partition coefficient (Wildman–Crippen LogP) is 2.79. The molecule has 0 N–H and O–H groups in total. The highest BCUT2D eigenvalue weighted by Crippen LogP contribution is 2.14. The maximum Gasteiger partial charge on any atom is 0.333 e. The number of esters is 1. The predicted molar refractivity (Wildman–Crippen MR) is 71.2 cm³/mol. The van der Waals surface area contributed by atoms with Crippen LogP contribution in [0, 0.1) is 0 Å². The molecule has 5 nitrogen and oxygen atoms in total. The van der Waals surface area contributed by atoms with Gasteiger partial charge in [-0.05, 0) is 26.9 Å². The molecule has 0 radical (unpaired) electrons. The summed E-state index contributed by atoms with van der Waals surface area (Å²) in [5.74, 6) is -0.268. The summed E-state index contributed by atoms with van der Waals surface area (Å²) in [5.41, 5.74) is 0. The Labute approximate surface area is 111 Å². The first kappa shape index (κ1) is 17.6. The van der Waals surface area contributed by atoms with Gasteiger partial charge < -0.3 is 18.3 Å². The second-order valence-corrected chi connectivity index (χ2v) is 7.66. The maximum absolute atomic E-state index is 11.2. The molecule has 2 unspecified atom stereocenters. The van der Waals surface area contributed by atoms with E-state index in [2.05, 4.69) is 0 Å². The van der Waals surface area contributed by atoms with Gasteiger partial charge in [-0.15, -0.1) is 0 Å². The maximum atomic E-state index is 11.2. The molecule has 0 amide bonds. The Kier molecular flexibility index (Phi) is 8.42. The summed E-state index contributed by atoms with van der Waals surface area (Å²) in [4.78, 5) is 11.2. The molecule has 0 aromatic carbocycles. The average molecular weight is 278 g/mol. The van der Waals surface area contributed by atoms with E-state index < -0.39 is 21.1 Å². The first-order valence-corrected chi connectivity index (χ1v) is 9.32. The fourth-order valence-electron chi connectivity index (χ4n) is 1.46. The van der Waals surface area contributed by atoms with E-state index in [1.807, 2.05) is 26.9 Å². The molecule has 0 aromatic rings. The second kappa shape index (κ2) is 8.63. The lowest BCUT2D eigenvalue weighted by atomic mass is 10.4. The van der Waals surface area contributed by atoms with E-state index in [1.54, 1.807) is 13.8 Å². The van der Waals surface area contributed by atoms with E-state index in [1.165, 1.54) is 0 Å². The van der Waals surface area contributed by atoms with Crippen LogP contribution in [0.2, 0.25) is 13.1 Å². The molecule has 0 aliphatic rings. The Morgan fingerprint density at radius 1 is 1.22 bits per heavy atom. The van der Waals surface area contributed by atoms with E-state index in [-0.39, 0.29) is 5.97 Å². The molecule has 0 aromatic heterocycles. The summed E-state index contributed by atoms with van der Waals surface area (Å²) in [7, 11) is -2.16. The summed E-state index contributed by atoms with van der Waals surface area (Å²) in [6.45, 7) is 11.9. The van der Waals surface area contributed by atoms with Crippen molar-refractivity contribution in [3.05, 3.63) is 0 Å². The molecular weight excluding hydrogens is 252 g/mol. The van der Waals surface area contributed by atoms with Crippen molar-refractivity contribution in [2.24, 2.45) is 0 Å². The molecule has 0 saturated carbocycles. The Morgan fingerprint density at radius 2 is 1.83 bits per heavy atom. The van der Waals surface area contributed by atoms with Crippen LogP contribution in [0.25, 0.3) is 0 Å². The van der Waals surface area contributed by atoms with Crippen LogP contribution in [0.1, 0.15) is 40.5 Å². The van der Waals surface area contributed by atoms with Gasteiger partial charge in [-0.1, -0.05) is 13.8 Å². The van der Waals surface area contributed by atoms with Crippen molar-refractivity contribution < 1.29 is 23.1 Å². The van der Waals surface area contributed by atoms with Gasteiger partial charge in [-0.2, -0.15) is 0 Å². The van der Waals surface area contributed by atoms with Crippen molar-refractivity contribution in [1.29, 1.82) is 0 Å². The smallest absolute Gasteiger partial charge is 0.333 e. The van der Waals surface area contributed by atoms with Crippen LogP contribution in [0.5, 0.6) is 0 Å². The van der Waals surface area contributed by atoms with Gasteiger partial charge in [0.2, 0.25) is 6.29 Å². The van der Waals surface area contributed by atoms with Gasteiger partial charge in [0.05, 0.1) is 0 Å². The van der Waals surface area contributed by atoms with E-state index in [9.17, 15) is 4.79 Å². The van der Waals surface area contributed by atoms with Crippen LogP contribution in [-0.2, 0) is 23.1 Å². The number of hydrogen-bond acceptors (Lipinski definition) is 5. The van der Waals surface area contributed by atoms with E-state index >= 15 is 0 Å². The second-order valence-electron chi connectivity index (χ2n) is 4.34. The lowest BCUT2D eigenvalue weighted by Gasteiger charge is -2.28. The minimum atomic E-state index is -2.16. The van der Waals surface area contributed by atoms with Gasteiger partial charge in [0.1, 0.15) is 0 Å². The Bertz CT molecular complexity index is 245. The lowest BCUT2D eigenvalue weighted by molar-refractivity contribution is -0.219. The third kappa shape index (κ3) is 7.81. The third-order valence-corrected chi connectivity index (χ3v) is 4.05. The molecule has 6 heteroatoms. The SMILES string of the molecule is CCO[Si](C)(C)OC(C)OC(CC)OC(=O)CC. The van der Waals surface area contributed by atoms with Crippen LogP contribution in [0.3, 0.4) is 0 Å². The van der Waals surface area contributed by atoms with Crippen LogP contribution in [0.4, 0.5) is 0 Å². The fraction of sp³-hybridized carbons (Fsp3) is 0.917. The molecule has 18 heavy (non-hydrogen) atoms. The van der Waals surface area contributed by atoms with Crippen LogP contribution in [0.15, 0.2) is 0 Å². The van der Waals surface area contributed by atoms with Gasteiger partial charge in [-0.25, -0.2) is 0 Å². The Hall–Kier alpha value is -0.433. The third-order valence-electron chi connectivity index (χ3n) is 2.17. The average Bonchev–Trinajstić information content (AvgIpc) is 2.26. The van der Waals surface area contributed by atoms with Crippen LogP contribution >= 0.6 is 0 Å². The van der Waals surface area contributed by atoms with Gasteiger partial charge in [-0.3, -0.25) is 4.79 Å². The number of hydrogen-bond donors (Lipinski definition) is 0. The van der Waals surface area contributed by atoms with Crippen LogP contribution < -0.4 is 0 Å². The zero-order valence-corrected chi connectivity index (χ0v) is 13.3. The minimum absolute atomic E-state index is 0.268. The van der Waals surface area contributed by atoms with Crippen molar-refractivity contribution in [2.75, 3.05) is 6.61 Å². The molecule has 0 spiro atoms. The van der Waals surface area contributed by atoms with Crippen molar-refractivity contribution in [2.45, 2.75) is 66.2 Å². The molecule has 0 bridgehead atoms. The number of carbonyl (C=O) groups excluding carboxylic acids is 1. The first-order chi connectivity index (χ1) is 8.34. The van der Waals surface area contributed by atoms with Gasteiger partial charge >= 0.3 is 14.5 Å². The lowest BCUT2D eigenvalue weighted by Crippen LogP contribution is -2.40. The number of ether oxygens (including phenoxy) is 2. The fourth-order valence-corrected chi connectivity index (χ4v) is 3.08. The highest BCUT2D eigenvalue weighted by atomic mass is 28.4. The zero-order chi connectivity index (χ0) is 14.2. The molecule has 0 rings (SSSR count). The van der Waals surface area contributed by atoms with Gasteiger partial charge in [0.15, 0.2) is 6.29 Å². The molecule has 0 aliphatic heterocycles. The Morgan fingerprint density at radius 3 is 2.28 bits per heavy atom. The normalized spacial score (nSPS) is 15.2. The summed E-state index contributed by atoms with van der Waals surface area (Å²) in [5, 5.41) is 0. The van der Waals surface area contributed by atoms with Crippen molar-refractivity contribution in [3.63, 3.8) is 0 Å². The highest BCUT2D eigenvalue weighted by Gasteiger charge is 2.28. The van der Waals surface area contributed by atoms with Crippen molar-refractivity contribution >= 4 is 14.5 Å². The summed E-state index contributed by atoms with van der Waals surface area (Å²) in [6, 6.07) is 0. The van der Waals surface area contributed by atoms with Gasteiger partial charge in [0, 0.05) is 19.4 Å². The molecule has 0 fully saturated rings. The Balaban J connectivity index is 4.18. The summed E-state index contributed by atoms with van der Waals surface area (Å²) in [6.07, 6.45) is -0.0728. The molecule has 0 heterocycles. The summed E-state index contributed by atoms with van der Waals surface area (Å²) >= 11 is 0. The van der Waals surface area contributed by atoms with Crippen molar-refractivity contribution in [1.82, 2.24) is 0 Å². The zero-order valence-electron chi connectivity index (χ0n) is 12.3. The number of carbonyl (C=O) groups is 1. The highest BCUT2D eigenvalue weighted by molar-refractivity contribution is 6.64. The monoisotopic (exact) mass is 278 g/mol. The molecular formula is C12H26O5Si. The first-order valence-electron chi connectivity index (χ1n) is 6.51. The van der Waals surface area contributed by atoms with Gasteiger partial charge in [0.25, 0.3) is 0 Å². The van der Waals surface area contributed by atoms with E-state index in [0.717, 1.165) is 0 Å². The standard InChI is InChI=1S/C12H26O5Si/c1-7-11(13)16-12(8-2)15-10(4)17-18(5,6)14-9-3/h10,12H,7-9H2,1-6H3. The molecule has 2 atom stereocenters. The van der Waals surface area contributed by atoms with E-state index in [4.69, 9.17) is 18.3 Å². The molecule has 0 aliphatic carbocycles. The largest absolute Gasteiger partial charge is 0.436 e.